The van der Waals surface area contributed by atoms with Gasteiger partial charge >= 0.3 is 5.69 Å². The lowest BCUT2D eigenvalue weighted by atomic mass is 10.2. The van der Waals surface area contributed by atoms with Crippen molar-refractivity contribution in [2.24, 2.45) is 5.84 Å². The second-order valence-electron chi connectivity index (χ2n) is 4.62. The molecule has 0 fully saturated rings. The van der Waals surface area contributed by atoms with Gasteiger partial charge in [-0.2, -0.15) is 0 Å². The third-order valence-corrected chi connectivity index (χ3v) is 3.53. The van der Waals surface area contributed by atoms with Gasteiger partial charge in [0.25, 0.3) is 5.56 Å². The third kappa shape index (κ3) is 3.17. The van der Waals surface area contributed by atoms with Crippen LogP contribution in [0.2, 0.25) is 5.02 Å². The van der Waals surface area contributed by atoms with Gasteiger partial charge in [-0.25, -0.2) is 10.6 Å². The number of halogens is 1. The Morgan fingerprint density at radius 1 is 1.24 bits per heavy atom. The lowest BCUT2D eigenvalue weighted by Gasteiger charge is -2.15. The Labute approximate surface area is 126 Å². The van der Waals surface area contributed by atoms with Crippen LogP contribution in [0.1, 0.15) is 18.9 Å². The minimum atomic E-state index is -0.405. The SMILES string of the molecule is CCCn1c(=O)cc(NN)n(Cc2ccccc2Cl)c1=O. The maximum atomic E-state index is 12.5. The number of benzene rings is 1. The topological polar surface area (TPSA) is 82.0 Å². The number of hydrogen-bond donors (Lipinski definition) is 2. The molecule has 0 saturated carbocycles. The van der Waals surface area contributed by atoms with Gasteiger partial charge in [-0.3, -0.25) is 13.9 Å². The Morgan fingerprint density at radius 2 is 1.95 bits per heavy atom. The molecule has 0 aliphatic carbocycles. The standard InChI is InChI=1S/C14H17ClN4O2/c1-2-7-18-13(20)8-12(17-16)19(14(18)21)9-10-5-3-4-6-11(10)15/h3-6,8,17H,2,7,9,16H2,1H3. The predicted molar refractivity (Wildman–Crippen MR) is 83.6 cm³/mol. The zero-order valence-corrected chi connectivity index (χ0v) is 12.4. The number of hydrazine groups is 1. The summed E-state index contributed by atoms with van der Waals surface area (Å²) in [4.78, 5) is 24.4. The fourth-order valence-corrected chi connectivity index (χ4v) is 2.31. The molecule has 0 saturated heterocycles. The van der Waals surface area contributed by atoms with Crippen molar-refractivity contribution in [3.63, 3.8) is 0 Å². The number of nitrogens with two attached hydrogens (primary N) is 1. The van der Waals surface area contributed by atoms with Crippen LogP contribution in [0.4, 0.5) is 5.82 Å². The highest BCUT2D eigenvalue weighted by molar-refractivity contribution is 6.31. The zero-order chi connectivity index (χ0) is 15.4. The maximum absolute atomic E-state index is 12.5. The van der Waals surface area contributed by atoms with E-state index in [1.807, 2.05) is 25.1 Å². The first-order valence-electron chi connectivity index (χ1n) is 6.63. The first-order valence-corrected chi connectivity index (χ1v) is 7.01. The molecule has 0 unspecified atom stereocenters. The molecule has 0 amide bonds. The molecule has 2 rings (SSSR count). The van der Waals surface area contributed by atoms with Gasteiger partial charge in [0, 0.05) is 17.6 Å². The van der Waals surface area contributed by atoms with Gasteiger partial charge in [0.15, 0.2) is 0 Å². The van der Waals surface area contributed by atoms with Crippen LogP contribution in [0.25, 0.3) is 0 Å². The van der Waals surface area contributed by atoms with E-state index < -0.39 is 5.69 Å². The third-order valence-electron chi connectivity index (χ3n) is 3.16. The first-order chi connectivity index (χ1) is 10.1. The summed E-state index contributed by atoms with van der Waals surface area (Å²) in [5.41, 5.74) is 2.39. The van der Waals surface area contributed by atoms with Gasteiger partial charge in [-0.1, -0.05) is 36.7 Å². The van der Waals surface area contributed by atoms with Crippen molar-refractivity contribution >= 4 is 17.4 Å². The monoisotopic (exact) mass is 308 g/mol. The van der Waals surface area contributed by atoms with Crippen LogP contribution in [0.3, 0.4) is 0 Å². The number of rotatable bonds is 5. The van der Waals surface area contributed by atoms with Gasteiger partial charge in [-0.05, 0) is 18.1 Å². The number of nitrogen functional groups attached to an aromatic ring is 1. The normalized spacial score (nSPS) is 10.6. The van der Waals surface area contributed by atoms with Gasteiger partial charge in [0.2, 0.25) is 0 Å². The highest BCUT2D eigenvalue weighted by Gasteiger charge is 2.12. The predicted octanol–water partition coefficient (Wildman–Crippen LogP) is 1.41. The zero-order valence-electron chi connectivity index (χ0n) is 11.7. The molecule has 1 heterocycles. The van der Waals surface area contributed by atoms with Crippen molar-refractivity contribution in [3.8, 4) is 0 Å². The minimum Gasteiger partial charge on any atom is -0.310 e. The van der Waals surface area contributed by atoms with E-state index in [-0.39, 0.29) is 17.9 Å². The lowest BCUT2D eigenvalue weighted by molar-refractivity contribution is 0.568. The lowest BCUT2D eigenvalue weighted by Crippen LogP contribution is -2.41. The largest absolute Gasteiger partial charge is 0.332 e. The number of anilines is 1. The van der Waals surface area contributed by atoms with Crippen LogP contribution in [0, 0.1) is 0 Å². The van der Waals surface area contributed by atoms with Crippen molar-refractivity contribution in [1.29, 1.82) is 0 Å². The van der Waals surface area contributed by atoms with E-state index in [2.05, 4.69) is 5.43 Å². The van der Waals surface area contributed by atoms with E-state index in [1.165, 1.54) is 15.2 Å². The summed E-state index contributed by atoms with van der Waals surface area (Å²) in [6.45, 7) is 2.51. The van der Waals surface area contributed by atoms with Crippen LogP contribution >= 0.6 is 11.6 Å². The average molecular weight is 309 g/mol. The number of nitrogens with one attached hydrogen (secondary N) is 1. The van der Waals surface area contributed by atoms with Crippen LogP contribution in [0.5, 0.6) is 0 Å². The molecule has 3 N–H and O–H groups in total. The van der Waals surface area contributed by atoms with Crippen molar-refractivity contribution in [2.45, 2.75) is 26.4 Å². The van der Waals surface area contributed by atoms with Crippen LogP contribution in [-0.2, 0) is 13.1 Å². The summed E-state index contributed by atoms with van der Waals surface area (Å²) < 4.78 is 2.59. The van der Waals surface area contributed by atoms with Crippen molar-refractivity contribution in [3.05, 3.63) is 61.8 Å². The van der Waals surface area contributed by atoms with Crippen molar-refractivity contribution in [2.75, 3.05) is 5.43 Å². The molecule has 0 aliphatic heterocycles. The van der Waals surface area contributed by atoms with Gasteiger partial charge < -0.3 is 5.43 Å². The maximum Gasteiger partial charge on any atom is 0.332 e. The molecule has 112 valence electrons. The van der Waals surface area contributed by atoms with E-state index in [9.17, 15) is 9.59 Å². The molecule has 0 aliphatic rings. The molecule has 0 atom stereocenters. The molecule has 1 aromatic carbocycles. The van der Waals surface area contributed by atoms with Crippen molar-refractivity contribution < 1.29 is 0 Å². The molecular weight excluding hydrogens is 292 g/mol. The van der Waals surface area contributed by atoms with Gasteiger partial charge in [0.1, 0.15) is 5.82 Å². The Morgan fingerprint density at radius 3 is 2.57 bits per heavy atom. The van der Waals surface area contributed by atoms with E-state index >= 15 is 0 Å². The number of nitrogens with zero attached hydrogens (tertiary/aromatic N) is 2. The Balaban J connectivity index is 2.57. The van der Waals surface area contributed by atoms with Crippen LogP contribution in [-0.4, -0.2) is 9.13 Å². The highest BCUT2D eigenvalue weighted by atomic mass is 35.5. The molecule has 0 spiro atoms. The number of hydrogen-bond acceptors (Lipinski definition) is 4. The second-order valence-corrected chi connectivity index (χ2v) is 5.03. The van der Waals surface area contributed by atoms with E-state index in [4.69, 9.17) is 17.4 Å². The van der Waals surface area contributed by atoms with Crippen LogP contribution < -0.4 is 22.5 Å². The average Bonchev–Trinajstić information content (AvgIpc) is 2.48. The molecule has 1 aromatic heterocycles. The summed E-state index contributed by atoms with van der Waals surface area (Å²) in [6.07, 6.45) is 0.691. The van der Waals surface area contributed by atoms with Crippen molar-refractivity contribution in [1.82, 2.24) is 9.13 Å². The number of aromatic nitrogens is 2. The van der Waals surface area contributed by atoms with Crippen LogP contribution in [0.15, 0.2) is 39.9 Å². The summed E-state index contributed by atoms with van der Waals surface area (Å²) in [5, 5.41) is 0.556. The quantitative estimate of drug-likeness (QED) is 0.646. The highest BCUT2D eigenvalue weighted by Crippen LogP contribution is 2.16. The summed E-state index contributed by atoms with van der Waals surface area (Å²) in [6, 6.07) is 8.54. The summed E-state index contributed by atoms with van der Waals surface area (Å²) >= 11 is 6.12. The van der Waals surface area contributed by atoms with Gasteiger partial charge in [0.05, 0.1) is 6.54 Å². The Hall–Kier alpha value is -2.05. The smallest absolute Gasteiger partial charge is 0.310 e. The summed E-state index contributed by atoms with van der Waals surface area (Å²) in [5.74, 6) is 5.67. The molecule has 0 bridgehead atoms. The Kier molecular flexibility index (Phi) is 4.82. The van der Waals surface area contributed by atoms with E-state index in [0.29, 0.717) is 18.0 Å². The second kappa shape index (κ2) is 6.60. The molecule has 7 heteroatoms. The molecule has 2 aromatic rings. The fraction of sp³-hybridized carbons (Fsp3) is 0.286. The fourth-order valence-electron chi connectivity index (χ4n) is 2.11. The summed E-state index contributed by atoms with van der Waals surface area (Å²) in [7, 11) is 0. The molecule has 0 radical (unpaired) electrons. The van der Waals surface area contributed by atoms with E-state index in [0.717, 1.165) is 5.56 Å². The first kappa shape index (κ1) is 15.3. The molecule has 21 heavy (non-hydrogen) atoms. The Bertz CT molecular complexity index is 751. The molecule has 6 nitrogen and oxygen atoms in total. The van der Waals surface area contributed by atoms with Gasteiger partial charge in [-0.15, -0.1) is 0 Å². The van der Waals surface area contributed by atoms with E-state index in [1.54, 1.807) is 6.07 Å². The molecular formula is C14H17ClN4O2. The minimum absolute atomic E-state index is 0.238.